The van der Waals surface area contributed by atoms with Gasteiger partial charge in [-0.2, -0.15) is 0 Å². The second kappa shape index (κ2) is 6.52. The van der Waals surface area contributed by atoms with Gasteiger partial charge in [-0.25, -0.2) is 13.1 Å². The summed E-state index contributed by atoms with van der Waals surface area (Å²) in [5, 5.41) is 0. The van der Waals surface area contributed by atoms with Crippen LogP contribution in [0.4, 0.5) is 0 Å². The fraction of sp³-hybridized carbons (Fsp3) is 0.500. The third-order valence-electron chi connectivity index (χ3n) is 2.79. The molecule has 4 nitrogen and oxygen atoms in total. The van der Waals surface area contributed by atoms with E-state index in [0.717, 1.165) is 5.56 Å². The van der Waals surface area contributed by atoms with Crippen molar-refractivity contribution in [3.05, 3.63) is 29.3 Å². The Morgan fingerprint density at radius 2 is 2.11 bits per heavy atom. The summed E-state index contributed by atoms with van der Waals surface area (Å²) in [7, 11) is -1.98. The number of hydrogen-bond donors (Lipinski definition) is 1. The van der Waals surface area contributed by atoms with E-state index in [0.29, 0.717) is 11.4 Å². The minimum absolute atomic E-state index is 0.170. The van der Waals surface area contributed by atoms with Gasteiger partial charge in [0.25, 0.3) is 0 Å². The summed E-state index contributed by atoms with van der Waals surface area (Å²) in [6.45, 7) is 3.79. The van der Waals surface area contributed by atoms with Gasteiger partial charge in [0, 0.05) is 19.5 Å². The van der Waals surface area contributed by atoms with Crippen molar-refractivity contribution in [3.8, 4) is 0 Å². The Labute approximate surface area is 113 Å². The largest absolute Gasteiger partial charge is 0.380 e. The molecular weight excluding hydrogens is 274 g/mol. The topological polar surface area (TPSA) is 55.4 Å². The lowest BCUT2D eigenvalue weighted by atomic mass is 10.1. The Bertz CT molecular complexity index is 502. The molecule has 0 fully saturated rings. The molecule has 1 aromatic rings. The third-order valence-corrected chi connectivity index (χ3v) is 4.65. The van der Waals surface area contributed by atoms with Crippen LogP contribution in [0.15, 0.2) is 23.1 Å². The van der Waals surface area contributed by atoms with E-state index in [1.807, 2.05) is 6.07 Å². The second-order valence-electron chi connectivity index (χ2n) is 4.07. The zero-order valence-electron chi connectivity index (χ0n) is 10.7. The van der Waals surface area contributed by atoms with E-state index in [2.05, 4.69) is 4.72 Å². The number of alkyl halides is 1. The number of ether oxygens (including phenoxy) is 1. The number of halogens is 1. The first-order chi connectivity index (χ1) is 8.42. The minimum atomic E-state index is -3.52. The monoisotopic (exact) mass is 291 g/mol. The maximum Gasteiger partial charge on any atom is 0.240 e. The molecule has 0 bridgehead atoms. The smallest absolute Gasteiger partial charge is 0.240 e. The van der Waals surface area contributed by atoms with Crippen LogP contribution in [0.3, 0.4) is 0 Å². The van der Waals surface area contributed by atoms with Crippen molar-refractivity contribution >= 4 is 21.6 Å². The quantitative estimate of drug-likeness (QED) is 0.816. The van der Waals surface area contributed by atoms with E-state index in [1.165, 1.54) is 0 Å². The molecular formula is C12H18ClNO3S. The molecule has 0 heterocycles. The van der Waals surface area contributed by atoms with Crippen LogP contribution in [-0.4, -0.2) is 28.2 Å². The van der Waals surface area contributed by atoms with Crippen molar-refractivity contribution in [3.63, 3.8) is 0 Å². The molecule has 0 saturated heterocycles. The van der Waals surface area contributed by atoms with Gasteiger partial charge >= 0.3 is 0 Å². The molecule has 1 rings (SSSR count). The van der Waals surface area contributed by atoms with Crippen LogP contribution in [0.5, 0.6) is 0 Å². The Kier molecular flexibility index (Phi) is 5.59. The molecule has 0 aromatic heterocycles. The molecule has 0 saturated carbocycles. The molecule has 1 atom stereocenters. The van der Waals surface area contributed by atoms with Crippen LogP contribution in [0.25, 0.3) is 0 Å². The van der Waals surface area contributed by atoms with Gasteiger partial charge in [0.05, 0.1) is 11.0 Å². The number of sulfonamides is 1. The van der Waals surface area contributed by atoms with E-state index < -0.39 is 10.0 Å². The fourth-order valence-electron chi connectivity index (χ4n) is 1.48. The molecule has 1 unspecified atom stereocenters. The Morgan fingerprint density at radius 1 is 1.44 bits per heavy atom. The van der Waals surface area contributed by atoms with Crippen molar-refractivity contribution in [2.75, 3.05) is 13.7 Å². The fourth-order valence-corrected chi connectivity index (χ4v) is 3.18. The molecule has 0 aliphatic heterocycles. The first-order valence-electron chi connectivity index (χ1n) is 5.59. The first-order valence-corrected chi connectivity index (χ1v) is 7.61. The minimum Gasteiger partial charge on any atom is -0.380 e. The average Bonchev–Trinajstić information content (AvgIpc) is 2.36. The molecule has 0 aliphatic rings. The van der Waals surface area contributed by atoms with E-state index in [9.17, 15) is 8.42 Å². The second-order valence-corrected chi connectivity index (χ2v) is 6.07. The normalized spacial score (nSPS) is 13.6. The van der Waals surface area contributed by atoms with Crippen LogP contribution in [0.1, 0.15) is 18.1 Å². The molecule has 0 amide bonds. The molecule has 1 N–H and O–H groups in total. The Balaban J connectivity index is 2.98. The maximum atomic E-state index is 12.1. The van der Waals surface area contributed by atoms with Gasteiger partial charge in [0.1, 0.15) is 0 Å². The summed E-state index contributed by atoms with van der Waals surface area (Å²) in [4.78, 5) is 0.268. The first kappa shape index (κ1) is 15.4. The number of methoxy groups -OCH3 is 1. The van der Waals surface area contributed by atoms with Crippen molar-refractivity contribution < 1.29 is 13.2 Å². The summed E-state index contributed by atoms with van der Waals surface area (Å²) in [6.07, 6.45) is -0.170. The van der Waals surface area contributed by atoms with Crippen LogP contribution < -0.4 is 4.72 Å². The van der Waals surface area contributed by atoms with Crippen LogP contribution in [0.2, 0.25) is 0 Å². The van der Waals surface area contributed by atoms with Gasteiger partial charge in [-0.1, -0.05) is 12.1 Å². The highest BCUT2D eigenvalue weighted by Crippen LogP contribution is 2.20. The summed E-state index contributed by atoms with van der Waals surface area (Å²) < 4.78 is 31.8. The van der Waals surface area contributed by atoms with Gasteiger partial charge in [0.15, 0.2) is 0 Å². The lowest BCUT2D eigenvalue weighted by Crippen LogP contribution is -2.32. The SMILES string of the molecule is COC(C)CNS(=O)(=O)c1cccc(CCl)c1C. The predicted molar refractivity (Wildman–Crippen MR) is 72.4 cm³/mol. The van der Waals surface area contributed by atoms with Gasteiger partial charge in [-0.15, -0.1) is 11.6 Å². The van der Waals surface area contributed by atoms with Gasteiger partial charge in [-0.05, 0) is 31.0 Å². The van der Waals surface area contributed by atoms with E-state index in [-0.39, 0.29) is 17.5 Å². The van der Waals surface area contributed by atoms with Crippen LogP contribution in [0, 0.1) is 6.92 Å². The van der Waals surface area contributed by atoms with E-state index in [4.69, 9.17) is 16.3 Å². The molecule has 0 spiro atoms. The summed E-state index contributed by atoms with van der Waals surface area (Å²) in [5.74, 6) is 0.295. The average molecular weight is 292 g/mol. The highest BCUT2D eigenvalue weighted by Gasteiger charge is 2.18. The van der Waals surface area contributed by atoms with Gasteiger partial charge in [0.2, 0.25) is 10.0 Å². The summed E-state index contributed by atoms with van der Waals surface area (Å²) in [6, 6.07) is 5.09. The van der Waals surface area contributed by atoms with Crippen LogP contribution in [-0.2, 0) is 20.6 Å². The number of nitrogens with one attached hydrogen (secondary N) is 1. The predicted octanol–water partition coefficient (Wildman–Crippen LogP) is 2.05. The maximum absolute atomic E-state index is 12.1. The highest BCUT2D eigenvalue weighted by atomic mass is 35.5. The van der Waals surface area contributed by atoms with Crippen molar-refractivity contribution in [2.45, 2.75) is 30.7 Å². The Morgan fingerprint density at radius 3 is 2.67 bits per heavy atom. The number of rotatable bonds is 6. The van der Waals surface area contributed by atoms with E-state index in [1.54, 1.807) is 33.1 Å². The van der Waals surface area contributed by atoms with Crippen molar-refractivity contribution in [2.24, 2.45) is 0 Å². The summed E-state index contributed by atoms with van der Waals surface area (Å²) >= 11 is 5.77. The van der Waals surface area contributed by atoms with Crippen molar-refractivity contribution in [1.82, 2.24) is 4.72 Å². The van der Waals surface area contributed by atoms with Crippen LogP contribution >= 0.6 is 11.6 Å². The molecule has 1 aromatic carbocycles. The molecule has 0 aliphatic carbocycles. The zero-order chi connectivity index (χ0) is 13.8. The molecule has 6 heteroatoms. The third kappa shape index (κ3) is 3.68. The molecule has 18 heavy (non-hydrogen) atoms. The van der Waals surface area contributed by atoms with E-state index >= 15 is 0 Å². The molecule has 0 radical (unpaired) electrons. The lowest BCUT2D eigenvalue weighted by molar-refractivity contribution is 0.122. The lowest BCUT2D eigenvalue weighted by Gasteiger charge is -2.14. The number of benzene rings is 1. The molecule has 102 valence electrons. The Hall–Kier alpha value is -0.620. The highest BCUT2D eigenvalue weighted by molar-refractivity contribution is 7.89. The zero-order valence-corrected chi connectivity index (χ0v) is 12.3. The van der Waals surface area contributed by atoms with Crippen molar-refractivity contribution in [1.29, 1.82) is 0 Å². The van der Waals surface area contributed by atoms with Gasteiger partial charge in [-0.3, -0.25) is 0 Å². The van der Waals surface area contributed by atoms with Gasteiger partial charge < -0.3 is 4.74 Å². The standard InChI is InChI=1S/C12H18ClNO3S/c1-9(17-3)8-14-18(15,16)12-6-4-5-11(7-13)10(12)2/h4-6,9,14H,7-8H2,1-3H3. The number of hydrogen-bond acceptors (Lipinski definition) is 3. The summed E-state index contributed by atoms with van der Waals surface area (Å²) in [5.41, 5.74) is 1.50.